The van der Waals surface area contributed by atoms with Gasteiger partial charge in [0, 0.05) is 41.7 Å². The number of halogens is 2. The van der Waals surface area contributed by atoms with Crippen LogP contribution in [0, 0.1) is 17.1 Å². The van der Waals surface area contributed by atoms with Crippen LogP contribution in [-0.2, 0) is 29.1 Å². The molecule has 0 bridgehead atoms. The highest BCUT2D eigenvalue weighted by Gasteiger charge is 2.29. The van der Waals surface area contributed by atoms with Crippen molar-refractivity contribution in [2.24, 2.45) is 0 Å². The van der Waals surface area contributed by atoms with E-state index in [4.69, 9.17) is 25.8 Å². The van der Waals surface area contributed by atoms with Crippen molar-refractivity contribution in [3.8, 4) is 28.7 Å². The molecule has 0 amide bonds. The van der Waals surface area contributed by atoms with Gasteiger partial charge in [0.05, 0.1) is 22.8 Å². The van der Waals surface area contributed by atoms with Crippen molar-refractivity contribution in [3.63, 3.8) is 0 Å². The predicted molar refractivity (Wildman–Crippen MR) is 172 cm³/mol. The molecule has 0 saturated heterocycles. The molecular weight excluding hydrogens is 609 g/mol. The zero-order chi connectivity index (χ0) is 32.8. The molecule has 3 aromatic carbocycles. The summed E-state index contributed by atoms with van der Waals surface area (Å²) >= 11 is 6.78. The molecule has 1 aliphatic carbocycles. The maximum Gasteiger partial charge on any atom is 0.326 e. The minimum absolute atomic E-state index is 0.101. The number of aliphatic hydroxyl groups is 1. The Hall–Kier alpha value is -4.49. The molecule has 5 rings (SSSR count). The lowest BCUT2D eigenvalue weighted by Gasteiger charge is -2.23. The zero-order valence-electron chi connectivity index (χ0n) is 25.8. The van der Waals surface area contributed by atoms with Gasteiger partial charge in [-0.1, -0.05) is 48.0 Å². The van der Waals surface area contributed by atoms with E-state index < -0.39 is 18.1 Å². The van der Waals surface area contributed by atoms with Crippen LogP contribution in [0.1, 0.15) is 61.1 Å². The lowest BCUT2D eigenvalue weighted by Crippen LogP contribution is -2.46. The average Bonchev–Trinajstić information content (AvgIpc) is 3.44. The predicted octanol–water partition coefficient (Wildman–Crippen LogP) is 6.85. The molecule has 46 heavy (non-hydrogen) atoms. The van der Waals surface area contributed by atoms with Crippen LogP contribution in [0.25, 0.3) is 11.1 Å². The van der Waals surface area contributed by atoms with Gasteiger partial charge >= 0.3 is 5.97 Å². The standard InChI is InChI=1S/C36H35ClFN3O5/c1-21(2)45-36(43)35(22(3)42)41-19-25-14-30(37)34(15-33(25)44-20-24-13-23(16-39)17-40-18-24)46-32-12-11-27-26(8-6-9-29(27)32)28-7-4-5-10-31(28)38/h4-10,13-15,17-18,21-22,32,35,41-42H,11-12,19-20H2,1-3H3/t22-,32+,35+/m1/s1. The number of ether oxygens (including phenoxy) is 3. The number of carbonyl (C=O) groups excluding carboxylic acids is 1. The molecule has 0 spiro atoms. The number of aromatic nitrogens is 1. The summed E-state index contributed by atoms with van der Waals surface area (Å²) in [5, 5.41) is 23.0. The Morgan fingerprint density at radius 1 is 1.11 bits per heavy atom. The Kier molecular flexibility index (Phi) is 10.5. The number of carbonyl (C=O) groups is 1. The van der Waals surface area contributed by atoms with Gasteiger partial charge in [0.2, 0.25) is 0 Å². The van der Waals surface area contributed by atoms with Crippen molar-refractivity contribution in [2.75, 3.05) is 0 Å². The molecule has 4 aromatic rings. The number of rotatable bonds is 12. The molecule has 3 atom stereocenters. The Balaban J connectivity index is 1.43. The minimum atomic E-state index is -1.02. The summed E-state index contributed by atoms with van der Waals surface area (Å²) in [4.78, 5) is 16.7. The van der Waals surface area contributed by atoms with Crippen LogP contribution in [0.4, 0.5) is 4.39 Å². The van der Waals surface area contributed by atoms with E-state index >= 15 is 0 Å². The van der Waals surface area contributed by atoms with Gasteiger partial charge in [-0.15, -0.1) is 0 Å². The van der Waals surface area contributed by atoms with Crippen molar-refractivity contribution >= 4 is 17.6 Å². The summed E-state index contributed by atoms with van der Waals surface area (Å²) in [7, 11) is 0. The molecule has 0 unspecified atom stereocenters. The molecule has 1 aromatic heterocycles. The Bertz CT molecular complexity index is 1760. The van der Waals surface area contributed by atoms with Gasteiger partial charge in [-0.05, 0) is 68.5 Å². The van der Waals surface area contributed by atoms with Gasteiger partial charge in [0.15, 0.2) is 0 Å². The molecule has 0 saturated carbocycles. The van der Waals surface area contributed by atoms with E-state index in [2.05, 4.69) is 16.4 Å². The molecule has 2 N–H and O–H groups in total. The van der Waals surface area contributed by atoms with E-state index in [1.54, 1.807) is 50.4 Å². The Labute approximate surface area is 272 Å². The first-order chi connectivity index (χ1) is 22.1. The summed E-state index contributed by atoms with van der Waals surface area (Å²) < 4.78 is 32.7. The topological polar surface area (TPSA) is 114 Å². The number of pyridine rings is 1. The second kappa shape index (κ2) is 14.7. The van der Waals surface area contributed by atoms with Crippen molar-refractivity contribution in [1.82, 2.24) is 10.3 Å². The van der Waals surface area contributed by atoms with Gasteiger partial charge in [-0.25, -0.2) is 4.39 Å². The van der Waals surface area contributed by atoms with Crippen molar-refractivity contribution in [2.45, 2.75) is 71.1 Å². The number of nitriles is 1. The van der Waals surface area contributed by atoms with E-state index in [9.17, 15) is 19.6 Å². The molecule has 1 aliphatic rings. The summed E-state index contributed by atoms with van der Waals surface area (Å²) in [6.45, 7) is 5.20. The first-order valence-electron chi connectivity index (χ1n) is 15.1. The van der Waals surface area contributed by atoms with Crippen molar-refractivity contribution in [3.05, 3.63) is 112 Å². The molecular formula is C36H35ClFN3O5. The molecule has 1 heterocycles. The van der Waals surface area contributed by atoms with E-state index in [0.717, 1.165) is 16.7 Å². The van der Waals surface area contributed by atoms with Crippen LogP contribution >= 0.6 is 11.6 Å². The fourth-order valence-corrected chi connectivity index (χ4v) is 5.76. The van der Waals surface area contributed by atoms with Crippen LogP contribution in [-0.4, -0.2) is 34.3 Å². The van der Waals surface area contributed by atoms with Gasteiger partial charge < -0.3 is 19.3 Å². The van der Waals surface area contributed by atoms with Crippen LogP contribution in [0.3, 0.4) is 0 Å². The van der Waals surface area contributed by atoms with Crippen LogP contribution in [0.2, 0.25) is 5.02 Å². The summed E-state index contributed by atoms with van der Waals surface area (Å²) in [5.41, 5.74) is 5.09. The first-order valence-corrected chi connectivity index (χ1v) is 15.5. The highest BCUT2D eigenvalue weighted by atomic mass is 35.5. The fraction of sp³-hybridized carbons (Fsp3) is 0.306. The van der Waals surface area contributed by atoms with E-state index in [1.807, 2.05) is 24.3 Å². The number of benzene rings is 3. The van der Waals surface area contributed by atoms with Crippen molar-refractivity contribution in [1.29, 1.82) is 5.26 Å². The first kappa shape index (κ1) is 32.9. The lowest BCUT2D eigenvalue weighted by molar-refractivity contribution is -0.152. The number of aliphatic hydroxyl groups excluding tert-OH is 1. The lowest BCUT2D eigenvalue weighted by atomic mass is 9.96. The molecule has 10 heteroatoms. The molecule has 0 fully saturated rings. The highest BCUT2D eigenvalue weighted by molar-refractivity contribution is 6.32. The number of fused-ring (bicyclic) bond motifs is 1. The number of hydrogen-bond acceptors (Lipinski definition) is 8. The second-order valence-corrected chi connectivity index (χ2v) is 11.9. The summed E-state index contributed by atoms with van der Waals surface area (Å²) in [6.07, 6.45) is 2.78. The third-order valence-corrected chi connectivity index (χ3v) is 7.98. The number of nitrogens with one attached hydrogen (secondary N) is 1. The maximum absolute atomic E-state index is 14.7. The van der Waals surface area contributed by atoms with Crippen LogP contribution < -0.4 is 14.8 Å². The molecule has 8 nitrogen and oxygen atoms in total. The van der Waals surface area contributed by atoms with Crippen LogP contribution in [0.5, 0.6) is 11.5 Å². The van der Waals surface area contributed by atoms with Crippen molar-refractivity contribution < 1.29 is 28.5 Å². The largest absolute Gasteiger partial charge is 0.488 e. The number of esters is 1. The van der Waals surface area contributed by atoms with E-state index in [-0.39, 0.29) is 31.2 Å². The quantitative estimate of drug-likeness (QED) is 0.161. The minimum Gasteiger partial charge on any atom is -0.488 e. The van der Waals surface area contributed by atoms with Gasteiger partial charge in [0.1, 0.15) is 42.1 Å². The van der Waals surface area contributed by atoms with Gasteiger partial charge in [0.25, 0.3) is 0 Å². The second-order valence-electron chi connectivity index (χ2n) is 11.5. The normalized spacial score (nSPS) is 15.1. The highest BCUT2D eigenvalue weighted by Crippen LogP contribution is 2.43. The van der Waals surface area contributed by atoms with Gasteiger partial charge in [-0.3, -0.25) is 15.1 Å². The third-order valence-electron chi connectivity index (χ3n) is 7.68. The zero-order valence-corrected chi connectivity index (χ0v) is 26.6. The van der Waals surface area contributed by atoms with E-state index in [1.165, 1.54) is 19.2 Å². The third kappa shape index (κ3) is 7.65. The molecule has 0 aliphatic heterocycles. The maximum atomic E-state index is 14.7. The smallest absolute Gasteiger partial charge is 0.326 e. The van der Waals surface area contributed by atoms with Crippen LogP contribution in [0.15, 0.2) is 73.1 Å². The van der Waals surface area contributed by atoms with E-state index in [0.29, 0.717) is 51.6 Å². The number of hydrogen-bond donors (Lipinski definition) is 2. The summed E-state index contributed by atoms with van der Waals surface area (Å²) in [5.74, 6) is -0.0356. The monoisotopic (exact) mass is 643 g/mol. The SMILES string of the molecule is CC(C)OC(=O)[C@@H](NCc1cc(Cl)c(O[C@H]2CCc3c(-c4ccccc4F)cccc32)cc1OCc1cncc(C#N)c1)[C@@H](C)O. The van der Waals surface area contributed by atoms with Gasteiger partial charge in [-0.2, -0.15) is 5.26 Å². The Morgan fingerprint density at radius 3 is 2.63 bits per heavy atom. The number of nitrogens with zero attached hydrogens (tertiary/aromatic N) is 2. The average molecular weight is 644 g/mol. The Morgan fingerprint density at radius 2 is 1.89 bits per heavy atom. The fourth-order valence-electron chi connectivity index (χ4n) is 5.53. The summed E-state index contributed by atoms with van der Waals surface area (Å²) in [6, 6.07) is 18.7. The molecule has 238 valence electrons. The molecule has 0 radical (unpaired) electrons.